The summed E-state index contributed by atoms with van der Waals surface area (Å²) in [5.41, 5.74) is 7.32. The maximum absolute atomic E-state index is 6.23. The van der Waals surface area contributed by atoms with E-state index in [-0.39, 0.29) is 6.04 Å². The fourth-order valence-electron chi connectivity index (χ4n) is 1.99. The molecule has 1 aliphatic rings. The first-order valence-electron chi connectivity index (χ1n) is 5.82. The maximum atomic E-state index is 6.23. The summed E-state index contributed by atoms with van der Waals surface area (Å²) in [4.78, 5) is 0. The Morgan fingerprint density at radius 2 is 1.88 bits per heavy atom. The Bertz CT molecular complexity index is 405. The van der Waals surface area contributed by atoms with Gasteiger partial charge in [0.25, 0.3) is 0 Å². The highest BCUT2D eigenvalue weighted by atomic mass is 79.9. The number of nitrogens with two attached hydrogens (primary N) is 1. The zero-order chi connectivity index (χ0) is 12.4. The quantitative estimate of drug-likeness (QED) is 0.907. The first-order valence-corrected chi connectivity index (χ1v) is 6.62. The Kier molecular flexibility index (Phi) is 3.94. The van der Waals surface area contributed by atoms with Gasteiger partial charge in [0.1, 0.15) is 0 Å². The second kappa shape index (κ2) is 5.27. The normalized spacial score (nSPS) is 16.7. The lowest BCUT2D eigenvalue weighted by molar-refractivity contribution is 0.353. The third kappa shape index (κ3) is 2.93. The molecule has 0 aliphatic heterocycles. The van der Waals surface area contributed by atoms with Crippen LogP contribution in [-0.4, -0.2) is 14.2 Å². The van der Waals surface area contributed by atoms with Gasteiger partial charge < -0.3 is 15.2 Å². The highest BCUT2D eigenvalue weighted by molar-refractivity contribution is 9.10. The molecule has 0 aromatic heterocycles. The van der Waals surface area contributed by atoms with Crippen molar-refractivity contribution in [2.24, 2.45) is 11.7 Å². The molecule has 0 spiro atoms. The van der Waals surface area contributed by atoms with Gasteiger partial charge in [-0.2, -0.15) is 0 Å². The largest absolute Gasteiger partial charge is 0.493 e. The Hall–Kier alpha value is -0.740. The van der Waals surface area contributed by atoms with Gasteiger partial charge in [-0.25, -0.2) is 0 Å². The van der Waals surface area contributed by atoms with Crippen LogP contribution in [0.2, 0.25) is 0 Å². The molecule has 1 aromatic rings. The van der Waals surface area contributed by atoms with Crippen LogP contribution in [0, 0.1) is 5.92 Å². The molecule has 1 aliphatic carbocycles. The standard InChI is InChI=1S/C13H18BrNO2/c1-16-12-6-9(10(14)7-13(12)17-2)11(15)5-8-3-4-8/h6-8,11H,3-5,15H2,1-2H3/t11-/m1/s1. The Morgan fingerprint density at radius 1 is 1.29 bits per heavy atom. The van der Waals surface area contributed by atoms with Crippen LogP contribution >= 0.6 is 15.9 Å². The van der Waals surface area contributed by atoms with E-state index in [4.69, 9.17) is 15.2 Å². The monoisotopic (exact) mass is 299 g/mol. The molecule has 0 radical (unpaired) electrons. The van der Waals surface area contributed by atoms with Gasteiger partial charge in [0.15, 0.2) is 11.5 Å². The van der Waals surface area contributed by atoms with E-state index in [1.54, 1.807) is 14.2 Å². The van der Waals surface area contributed by atoms with Crippen molar-refractivity contribution in [3.63, 3.8) is 0 Å². The molecule has 17 heavy (non-hydrogen) atoms. The van der Waals surface area contributed by atoms with Gasteiger partial charge in [0.05, 0.1) is 14.2 Å². The molecule has 1 saturated carbocycles. The fraction of sp³-hybridized carbons (Fsp3) is 0.538. The van der Waals surface area contributed by atoms with Crippen LogP contribution in [0.25, 0.3) is 0 Å². The Labute approximate surface area is 110 Å². The van der Waals surface area contributed by atoms with Crippen LogP contribution in [0.1, 0.15) is 30.9 Å². The summed E-state index contributed by atoms with van der Waals surface area (Å²) in [5, 5.41) is 0. The van der Waals surface area contributed by atoms with Gasteiger partial charge in [-0.1, -0.05) is 28.8 Å². The number of hydrogen-bond acceptors (Lipinski definition) is 3. The van der Waals surface area contributed by atoms with Crippen molar-refractivity contribution in [3.05, 3.63) is 22.2 Å². The number of benzene rings is 1. The van der Waals surface area contributed by atoms with Crippen LogP contribution in [0.3, 0.4) is 0 Å². The minimum Gasteiger partial charge on any atom is -0.493 e. The lowest BCUT2D eigenvalue weighted by Crippen LogP contribution is -2.12. The predicted octanol–water partition coefficient (Wildman–Crippen LogP) is 3.27. The van der Waals surface area contributed by atoms with Crippen LogP contribution in [0.4, 0.5) is 0 Å². The summed E-state index contributed by atoms with van der Waals surface area (Å²) < 4.78 is 11.5. The summed E-state index contributed by atoms with van der Waals surface area (Å²) in [6, 6.07) is 3.95. The van der Waals surface area contributed by atoms with Gasteiger partial charge in [-0.05, 0) is 30.0 Å². The van der Waals surface area contributed by atoms with Gasteiger partial charge in [0, 0.05) is 10.5 Å². The van der Waals surface area contributed by atoms with E-state index in [1.807, 2.05) is 12.1 Å². The second-order valence-electron chi connectivity index (χ2n) is 4.51. The Balaban J connectivity index is 2.25. The minimum absolute atomic E-state index is 0.0664. The number of methoxy groups -OCH3 is 2. The van der Waals surface area contributed by atoms with Crippen molar-refractivity contribution in [1.29, 1.82) is 0 Å². The van der Waals surface area contributed by atoms with Crippen LogP contribution in [0.5, 0.6) is 11.5 Å². The number of halogens is 1. The van der Waals surface area contributed by atoms with Crippen molar-refractivity contribution in [2.75, 3.05) is 14.2 Å². The molecular weight excluding hydrogens is 282 g/mol. The van der Waals surface area contributed by atoms with Gasteiger partial charge in [0.2, 0.25) is 0 Å². The molecule has 2 rings (SSSR count). The van der Waals surface area contributed by atoms with E-state index < -0.39 is 0 Å². The second-order valence-corrected chi connectivity index (χ2v) is 5.37. The van der Waals surface area contributed by atoms with Crippen molar-refractivity contribution >= 4 is 15.9 Å². The molecule has 1 fully saturated rings. The van der Waals surface area contributed by atoms with E-state index in [0.717, 1.165) is 33.9 Å². The van der Waals surface area contributed by atoms with E-state index in [1.165, 1.54) is 12.8 Å². The number of hydrogen-bond donors (Lipinski definition) is 1. The highest BCUT2D eigenvalue weighted by Gasteiger charge is 2.26. The lowest BCUT2D eigenvalue weighted by atomic mass is 10.0. The first kappa shape index (κ1) is 12.7. The van der Waals surface area contributed by atoms with E-state index in [2.05, 4.69) is 15.9 Å². The summed E-state index contributed by atoms with van der Waals surface area (Å²) in [6.07, 6.45) is 3.69. The predicted molar refractivity (Wildman–Crippen MR) is 71.5 cm³/mol. The molecule has 94 valence electrons. The third-order valence-corrected chi connectivity index (χ3v) is 3.87. The van der Waals surface area contributed by atoms with Crippen molar-refractivity contribution < 1.29 is 9.47 Å². The van der Waals surface area contributed by atoms with Crippen molar-refractivity contribution in [2.45, 2.75) is 25.3 Å². The molecule has 0 saturated heterocycles. The molecule has 2 N–H and O–H groups in total. The highest BCUT2D eigenvalue weighted by Crippen LogP contribution is 2.41. The SMILES string of the molecule is COc1cc(Br)c([C@H](N)CC2CC2)cc1OC. The maximum Gasteiger partial charge on any atom is 0.161 e. The summed E-state index contributed by atoms with van der Waals surface area (Å²) in [7, 11) is 3.27. The topological polar surface area (TPSA) is 44.5 Å². The number of rotatable bonds is 5. The van der Waals surface area contributed by atoms with E-state index in [0.29, 0.717) is 0 Å². The van der Waals surface area contributed by atoms with Crippen LogP contribution in [-0.2, 0) is 0 Å². The van der Waals surface area contributed by atoms with Crippen molar-refractivity contribution in [1.82, 2.24) is 0 Å². The molecule has 1 aromatic carbocycles. The zero-order valence-electron chi connectivity index (χ0n) is 10.2. The minimum atomic E-state index is 0.0664. The Morgan fingerprint density at radius 3 is 2.41 bits per heavy atom. The van der Waals surface area contributed by atoms with Gasteiger partial charge >= 0.3 is 0 Å². The van der Waals surface area contributed by atoms with E-state index in [9.17, 15) is 0 Å². The zero-order valence-corrected chi connectivity index (χ0v) is 11.8. The summed E-state index contributed by atoms with van der Waals surface area (Å²) >= 11 is 3.55. The number of ether oxygens (including phenoxy) is 2. The van der Waals surface area contributed by atoms with Gasteiger partial charge in [-0.15, -0.1) is 0 Å². The molecule has 0 bridgehead atoms. The van der Waals surface area contributed by atoms with Gasteiger partial charge in [-0.3, -0.25) is 0 Å². The fourth-order valence-corrected chi connectivity index (χ4v) is 2.61. The lowest BCUT2D eigenvalue weighted by Gasteiger charge is -2.16. The molecule has 1 atom stereocenters. The van der Waals surface area contributed by atoms with Crippen LogP contribution < -0.4 is 15.2 Å². The molecule has 0 amide bonds. The molecule has 0 heterocycles. The smallest absolute Gasteiger partial charge is 0.161 e. The summed E-state index contributed by atoms with van der Waals surface area (Å²) in [6.45, 7) is 0. The van der Waals surface area contributed by atoms with Crippen molar-refractivity contribution in [3.8, 4) is 11.5 Å². The van der Waals surface area contributed by atoms with E-state index >= 15 is 0 Å². The summed E-state index contributed by atoms with van der Waals surface area (Å²) in [5.74, 6) is 2.27. The van der Waals surface area contributed by atoms with Crippen LogP contribution in [0.15, 0.2) is 16.6 Å². The molecule has 4 heteroatoms. The molecule has 3 nitrogen and oxygen atoms in total. The molecule has 0 unspecified atom stereocenters. The third-order valence-electron chi connectivity index (χ3n) is 3.19. The average molecular weight is 300 g/mol. The first-order chi connectivity index (χ1) is 8.15. The average Bonchev–Trinajstić information content (AvgIpc) is 3.12. The molecular formula is C13H18BrNO2.